The number of rotatable bonds is 16. The van der Waals surface area contributed by atoms with Gasteiger partial charge in [0.05, 0.1) is 78.1 Å². The molecule has 8 rings (SSSR count). The molecule has 0 radical (unpaired) electrons. The summed E-state index contributed by atoms with van der Waals surface area (Å²) in [5, 5.41) is 110. The van der Waals surface area contributed by atoms with E-state index in [9.17, 15) is 60.7 Å². The van der Waals surface area contributed by atoms with E-state index in [1.807, 2.05) is 0 Å². The summed E-state index contributed by atoms with van der Waals surface area (Å²) in [4.78, 5) is 28.9. The molecule has 0 aromatic heterocycles. The standard InChI is InChI=1S/C52H76O24/c1-18-31(72-37-16-32(44(60)21(4)68-37)73-34-13-28(54)43(59)20(3)67-34)12-26-10-25-11-27(51(66-9)48(64)42(58)19(2)53)52(47(63)40(25)46(62)39(26)41(18)57)76-38-17-33(45(61)22(5)69-38)74-35-15-30(56)50(24(7)71-35)75-36-14-29(55)49(65-8)23(6)70-36/h10,12,19-24,27-30,32-38,42-45,49-62H,11,13-17H2,1-9H3. The predicted molar refractivity (Wildman–Crippen MR) is 259 cm³/mol. The third kappa shape index (κ3) is 12.1. The molecule has 25 atom stereocenters. The minimum Gasteiger partial charge on any atom is -0.507 e. The van der Waals surface area contributed by atoms with E-state index in [0.29, 0.717) is 0 Å². The van der Waals surface area contributed by atoms with Gasteiger partial charge in [0.25, 0.3) is 0 Å². The Balaban J connectivity index is 1.02. The molecule has 24 heteroatoms. The van der Waals surface area contributed by atoms with Crippen LogP contribution in [0.4, 0.5) is 0 Å². The molecular formula is C52H76O24. The minimum atomic E-state index is -1.94. The third-order valence-corrected chi connectivity index (χ3v) is 15.7. The maximum absolute atomic E-state index is 15.0. The van der Waals surface area contributed by atoms with E-state index in [1.165, 1.54) is 40.2 Å². The van der Waals surface area contributed by atoms with Gasteiger partial charge in [0, 0.05) is 57.8 Å². The van der Waals surface area contributed by atoms with Gasteiger partial charge in [-0.25, -0.2) is 0 Å². The number of aliphatic hydroxyl groups excluding tert-OH is 8. The average molecular weight is 1090 g/mol. The second-order valence-electron chi connectivity index (χ2n) is 21.2. The molecule has 2 aromatic rings. The van der Waals surface area contributed by atoms with Crippen molar-refractivity contribution in [3.8, 4) is 17.2 Å². The van der Waals surface area contributed by atoms with Crippen molar-refractivity contribution in [2.75, 3.05) is 14.2 Å². The van der Waals surface area contributed by atoms with Gasteiger partial charge in [0.2, 0.25) is 6.29 Å². The molecule has 5 aliphatic heterocycles. The molecule has 0 bridgehead atoms. The first kappa shape index (κ1) is 58.8. The third-order valence-electron chi connectivity index (χ3n) is 15.7. The van der Waals surface area contributed by atoms with Crippen LogP contribution in [0.5, 0.6) is 17.2 Å². The molecule has 5 heterocycles. The number of benzene rings is 2. The van der Waals surface area contributed by atoms with Gasteiger partial charge in [-0.3, -0.25) is 9.59 Å². The van der Waals surface area contributed by atoms with Gasteiger partial charge in [-0.15, -0.1) is 0 Å². The molecule has 6 aliphatic rings. The number of phenols is 2. The Bertz CT molecular complexity index is 2300. The van der Waals surface area contributed by atoms with Crippen molar-refractivity contribution in [2.24, 2.45) is 5.92 Å². The molecule has 0 saturated carbocycles. The Morgan fingerprint density at radius 2 is 1.13 bits per heavy atom. The fourth-order valence-electron chi connectivity index (χ4n) is 11.4. The van der Waals surface area contributed by atoms with E-state index < -0.39 is 176 Å². The van der Waals surface area contributed by atoms with E-state index in [4.69, 9.17) is 56.8 Å². The number of fused-ring (bicyclic) bond motifs is 2. The van der Waals surface area contributed by atoms with Crippen LogP contribution in [-0.4, -0.2) is 224 Å². The van der Waals surface area contributed by atoms with E-state index in [0.717, 1.165) is 0 Å². The number of carbonyl (C=O) groups excluding carboxylic acids is 2. The second-order valence-corrected chi connectivity index (χ2v) is 21.2. The Morgan fingerprint density at radius 3 is 1.67 bits per heavy atom. The molecule has 5 saturated heterocycles. The number of aromatic hydroxyl groups is 2. The zero-order valence-corrected chi connectivity index (χ0v) is 44.0. The first-order chi connectivity index (χ1) is 35.9. The number of hydrogen-bond donors (Lipinski definition) is 10. The Hall–Kier alpha value is -3.32. The van der Waals surface area contributed by atoms with Crippen LogP contribution in [0.3, 0.4) is 0 Å². The number of aliphatic hydroxyl groups is 8. The summed E-state index contributed by atoms with van der Waals surface area (Å²) in [6.07, 6.45) is -26.3. The lowest BCUT2D eigenvalue weighted by Gasteiger charge is -2.45. The lowest BCUT2D eigenvalue weighted by atomic mass is 9.75. The van der Waals surface area contributed by atoms with Crippen molar-refractivity contribution in [2.45, 2.75) is 234 Å². The van der Waals surface area contributed by atoms with Crippen molar-refractivity contribution in [3.05, 3.63) is 28.8 Å². The Morgan fingerprint density at radius 1 is 0.632 bits per heavy atom. The summed E-state index contributed by atoms with van der Waals surface area (Å²) in [5.41, 5.74) is 0.0890. The number of ketones is 2. The lowest BCUT2D eigenvalue weighted by molar-refractivity contribution is -0.332. The van der Waals surface area contributed by atoms with Crippen LogP contribution in [0, 0.1) is 12.8 Å². The number of carbonyl (C=O) groups is 2. The normalized spacial score (nSPS) is 41.5. The van der Waals surface area contributed by atoms with Crippen LogP contribution in [0.15, 0.2) is 12.1 Å². The second kappa shape index (κ2) is 24.2. The van der Waals surface area contributed by atoms with Crippen molar-refractivity contribution in [1.29, 1.82) is 0 Å². The lowest BCUT2D eigenvalue weighted by Crippen LogP contribution is -2.57. The smallest absolute Gasteiger partial charge is 0.202 e. The summed E-state index contributed by atoms with van der Waals surface area (Å²) in [7, 11) is 2.66. The first-order valence-electron chi connectivity index (χ1n) is 26.1. The monoisotopic (exact) mass is 1080 g/mol. The maximum Gasteiger partial charge on any atom is 0.202 e. The average Bonchev–Trinajstić information content (AvgIpc) is 3.34. The molecule has 10 N–H and O–H groups in total. The summed E-state index contributed by atoms with van der Waals surface area (Å²) in [6.45, 7) is 10.9. The van der Waals surface area contributed by atoms with Crippen molar-refractivity contribution in [1.82, 2.24) is 0 Å². The fourth-order valence-corrected chi connectivity index (χ4v) is 11.4. The molecule has 25 unspecified atom stereocenters. The van der Waals surface area contributed by atoms with Crippen molar-refractivity contribution >= 4 is 22.3 Å². The largest absolute Gasteiger partial charge is 0.507 e. The van der Waals surface area contributed by atoms with Gasteiger partial charge in [-0.1, -0.05) is 0 Å². The quantitative estimate of drug-likeness (QED) is 0.106. The highest BCUT2D eigenvalue weighted by molar-refractivity contribution is 6.11. The zero-order valence-electron chi connectivity index (χ0n) is 44.0. The highest BCUT2D eigenvalue weighted by Gasteiger charge is 2.51. The summed E-state index contributed by atoms with van der Waals surface area (Å²) in [5.74, 6) is -4.02. The highest BCUT2D eigenvalue weighted by Crippen LogP contribution is 2.47. The number of hydrogen-bond acceptors (Lipinski definition) is 24. The number of phenolic OH excluding ortho intramolecular Hbond substituents is 2. The van der Waals surface area contributed by atoms with Crippen molar-refractivity contribution < 1.29 is 117 Å². The number of Topliss-reactive ketones (excluding diaryl/α,β-unsaturated/α-hetero) is 2. The zero-order chi connectivity index (χ0) is 55.3. The SMILES string of the molecule is COC(C(=O)C(O)C(C)O)C1Cc2cc3cc(OC4CC(OC5CC(O)C(O)C(C)O5)C(O)C(C)O4)c(C)c(O)c3c(O)c2C(=O)C1OC1CC(OC2CC(O)C(OC3CC(O)C(OC)C(C)O3)C(C)O2)C(O)C(C)O1. The van der Waals surface area contributed by atoms with Crippen LogP contribution >= 0.6 is 0 Å². The molecule has 1 aliphatic carbocycles. The van der Waals surface area contributed by atoms with Crippen LogP contribution in [0.1, 0.15) is 95.1 Å². The van der Waals surface area contributed by atoms with Gasteiger partial charge in [0.1, 0.15) is 66.1 Å². The molecule has 2 aromatic carbocycles. The first-order valence-corrected chi connectivity index (χ1v) is 26.1. The molecule has 428 valence electrons. The van der Waals surface area contributed by atoms with Gasteiger partial charge < -0.3 is 108 Å². The van der Waals surface area contributed by atoms with Crippen LogP contribution in [0.2, 0.25) is 0 Å². The number of ether oxygens (including phenoxy) is 12. The van der Waals surface area contributed by atoms with Gasteiger partial charge >= 0.3 is 0 Å². The molecular weight excluding hydrogens is 1010 g/mol. The summed E-state index contributed by atoms with van der Waals surface area (Å²) < 4.78 is 72.0. The van der Waals surface area contributed by atoms with E-state index in [1.54, 1.807) is 34.6 Å². The topological polar surface area (TPSA) is 347 Å². The van der Waals surface area contributed by atoms with E-state index in [-0.39, 0.29) is 71.7 Å². The van der Waals surface area contributed by atoms with Crippen LogP contribution in [0.25, 0.3) is 10.8 Å². The number of methoxy groups -OCH3 is 2. The molecule has 0 amide bonds. The van der Waals surface area contributed by atoms with E-state index >= 15 is 0 Å². The van der Waals surface area contributed by atoms with Crippen LogP contribution in [-0.2, 0) is 63.3 Å². The maximum atomic E-state index is 15.0. The summed E-state index contributed by atoms with van der Waals surface area (Å²) in [6, 6.07) is 3.04. The van der Waals surface area contributed by atoms with Crippen molar-refractivity contribution in [3.63, 3.8) is 0 Å². The predicted octanol–water partition coefficient (Wildman–Crippen LogP) is 0.0147. The Kier molecular flexibility index (Phi) is 18.7. The molecule has 76 heavy (non-hydrogen) atoms. The van der Waals surface area contributed by atoms with Gasteiger partial charge in [-0.05, 0) is 78.0 Å². The minimum absolute atomic E-state index is 0.0319. The fraction of sp³-hybridized carbons (Fsp3) is 0.769. The molecule has 5 fully saturated rings. The summed E-state index contributed by atoms with van der Waals surface area (Å²) >= 11 is 0. The highest BCUT2D eigenvalue weighted by atomic mass is 16.7. The van der Waals surface area contributed by atoms with Crippen LogP contribution < -0.4 is 4.74 Å². The Labute approximate surface area is 439 Å². The van der Waals surface area contributed by atoms with Gasteiger partial charge in [-0.2, -0.15) is 0 Å². The molecule has 0 spiro atoms. The molecule has 24 nitrogen and oxygen atoms in total. The van der Waals surface area contributed by atoms with Gasteiger partial charge in [0.15, 0.2) is 36.7 Å². The van der Waals surface area contributed by atoms with E-state index in [2.05, 4.69) is 0 Å².